The van der Waals surface area contributed by atoms with Crippen LogP contribution in [0, 0.1) is 0 Å². The number of fused-ring (bicyclic) bond motifs is 1. The van der Waals surface area contributed by atoms with Crippen LogP contribution in [-0.4, -0.2) is 45.9 Å². The zero-order valence-electron chi connectivity index (χ0n) is 12.9. The molecule has 0 aromatic heterocycles. The number of hydrogen-bond donors (Lipinski definition) is 1. The minimum Gasteiger partial charge on any atom is -0.486 e. The van der Waals surface area contributed by atoms with Gasteiger partial charge in [0.1, 0.15) is 17.4 Å². The zero-order valence-corrected chi connectivity index (χ0v) is 12.9. The molecule has 0 radical (unpaired) electrons. The number of para-hydroxylation sites is 1. The van der Waals surface area contributed by atoms with Crippen LogP contribution < -0.4 is 4.74 Å². The Morgan fingerprint density at radius 2 is 2.04 bits per heavy atom. The normalized spacial score (nSPS) is 25.5. The lowest BCUT2D eigenvalue weighted by atomic mass is 9.84. The third-order valence-electron chi connectivity index (χ3n) is 4.74. The average molecular weight is 317 g/mol. The van der Waals surface area contributed by atoms with E-state index in [2.05, 4.69) is 0 Å². The summed E-state index contributed by atoms with van der Waals surface area (Å²) in [6, 6.07) is 6.24. The predicted octanol–water partition coefficient (Wildman–Crippen LogP) is 1.88. The predicted molar refractivity (Wildman–Crippen MR) is 81.4 cm³/mol. The summed E-state index contributed by atoms with van der Waals surface area (Å²) >= 11 is 0. The molecule has 23 heavy (non-hydrogen) atoms. The third-order valence-corrected chi connectivity index (χ3v) is 4.74. The van der Waals surface area contributed by atoms with Crippen LogP contribution in [0.5, 0.6) is 5.75 Å². The van der Waals surface area contributed by atoms with Gasteiger partial charge in [-0.15, -0.1) is 0 Å². The Hall–Kier alpha value is -2.37. The molecule has 1 saturated heterocycles. The van der Waals surface area contributed by atoms with E-state index in [0.29, 0.717) is 24.2 Å². The second-order valence-corrected chi connectivity index (χ2v) is 6.23. The van der Waals surface area contributed by atoms with Crippen molar-refractivity contribution in [3.8, 4) is 5.75 Å². The number of rotatable bonds is 2. The van der Waals surface area contributed by atoms with Gasteiger partial charge in [0.2, 0.25) is 5.91 Å². The number of carboxylic acid groups (broad SMARTS) is 1. The lowest BCUT2D eigenvalue weighted by Crippen LogP contribution is -2.45. The summed E-state index contributed by atoms with van der Waals surface area (Å²) in [5, 5.41) is 9.14. The maximum Gasteiger partial charge on any atom is 0.326 e. The first kappa shape index (κ1) is 15.5. The number of carbonyl (C=O) groups excluding carboxylic acids is 2. The molecular weight excluding hydrogens is 298 g/mol. The number of Topliss-reactive ketones (excluding diaryl/α,β-unsaturated/α-hetero) is 1. The van der Waals surface area contributed by atoms with Gasteiger partial charge < -0.3 is 14.7 Å². The molecular formula is C17H19NO5. The number of ether oxygens (including phenoxy) is 1. The van der Waals surface area contributed by atoms with E-state index in [0.717, 1.165) is 0 Å². The second-order valence-electron chi connectivity index (χ2n) is 6.23. The fraction of sp³-hybridized carbons (Fsp3) is 0.471. The number of amides is 1. The van der Waals surface area contributed by atoms with Crippen LogP contribution >= 0.6 is 0 Å². The Morgan fingerprint density at radius 3 is 2.78 bits per heavy atom. The maximum atomic E-state index is 12.4. The Labute approximate surface area is 134 Å². The molecule has 0 aliphatic carbocycles. The number of hydrogen-bond acceptors (Lipinski definition) is 4. The fourth-order valence-electron chi connectivity index (χ4n) is 3.32. The first-order valence-corrected chi connectivity index (χ1v) is 7.75. The Kier molecular flexibility index (Phi) is 3.83. The van der Waals surface area contributed by atoms with E-state index in [-0.39, 0.29) is 31.1 Å². The van der Waals surface area contributed by atoms with Crippen molar-refractivity contribution in [2.45, 2.75) is 44.2 Å². The molecule has 2 heterocycles. The van der Waals surface area contributed by atoms with E-state index >= 15 is 0 Å². The Bertz CT molecular complexity index is 671. The lowest BCUT2D eigenvalue weighted by molar-refractivity contribution is -0.149. The minimum atomic E-state index is -1.03. The van der Waals surface area contributed by atoms with Crippen LogP contribution in [0.1, 0.15) is 43.0 Å². The fourth-order valence-corrected chi connectivity index (χ4v) is 3.32. The van der Waals surface area contributed by atoms with Gasteiger partial charge in [-0.2, -0.15) is 0 Å². The number of nitrogens with zero attached hydrogens (tertiary/aromatic N) is 1. The van der Waals surface area contributed by atoms with Gasteiger partial charge in [-0.25, -0.2) is 4.79 Å². The SMILES string of the molecule is C[C@@H](C(=O)O)N1CC[C@]2(CCC1=O)CC(=O)c1ccccc1O2. The van der Waals surface area contributed by atoms with Gasteiger partial charge in [-0.05, 0) is 25.5 Å². The molecule has 1 fully saturated rings. The minimum absolute atomic E-state index is 0.0130. The standard InChI is InChI=1S/C17H19NO5/c1-11(16(21)22)18-9-8-17(7-6-15(18)20)10-13(19)12-4-2-3-5-14(12)23-17/h2-5,11H,6-10H2,1H3,(H,21,22)/t11-,17+/m0/s1. The Morgan fingerprint density at radius 1 is 1.30 bits per heavy atom. The number of carboxylic acids is 1. The highest BCUT2D eigenvalue weighted by Gasteiger charge is 2.44. The van der Waals surface area contributed by atoms with Crippen LogP contribution in [-0.2, 0) is 9.59 Å². The largest absolute Gasteiger partial charge is 0.486 e. The third kappa shape index (κ3) is 2.81. The van der Waals surface area contributed by atoms with Gasteiger partial charge in [0, 0.05) is 19.4 Å². The number of likely N-dealkylation sites (tertiary alicyclic amines) is 1. The Balaban J connectivity index is 1.84. The monoisotopic (exact) mass is 317 g/mol. The zero-order chi connectivity index (χ0) is 16.6. The smallest absolute Gasteiger partial charge is 0.326 e. The summed E-state index contributed by atoms with van der Waals surface area (Å²) in [5.41, 5.74) is -0.141. The first-order valence-electron chi connectivity index (χ1n) is 7.75. The summed E-state index contributed by atoms with van der Waals surface area (Å²) in [6.45, 7) is 1.78. The average Bonchev–Trinajstić information content (AvgIpc) is 2.67. The van der Waals surface area contributed by atoms with Gasteiger partial charge in [0.25, 0.3) is 0 Å². The van der Waals surface area contributed by atoms with E-state index < -0.39 is 17.6 Å². The van der Waals surface area contributed by atoms with Gasteiger partial charge in [0.15, 0.2) is 5.78 Å². The summed E-state index contributed by atoms with van der Waals surface area (Å²) in [6.07, 6.45) is 1.30. The van der Waals surface area contributed by atoms with Gasteiger partial charge in [-0.3, -0.25) is 9.59 Å². The van der Waals surface area contributed by atoms with Crippen molar-refractivity contribution in [1.82, 2.24) is 4.90 Å². The van der Waals surface area contributed by atoms with Crippen molar-refractivity contribution in [2.24, 2.45) is 0 Å². The molecule has 1 aromatic carbocycles. The first-order chi connectivity index (χ1) is 10.9. The number of ketones is 1. The van der Waals surface area contributed by atoms with Gasteiger partial charge in [-0.1, -0.05) is 12.1 Å². The summed E-state index contributed by atoms with van der Waals surface area (Å²) in [4.78, 5) is 37.2. The van der Waals surface area contributed by atoms with Gasteiger partial charge in [0.05, 0.1) is 12.0 Å². The molecule has 2 aliphatic heterocycles. The van der Waals surface area contributed by atoms with E-state index in [1.165, 1.54) is 11.8 Å². The molecule has 122 valence electrons. The molecule has 3 rings (SSSR count). The number of benzene rings is 1. The van der Waals surface area contributed by atoms with Crippen molar-refractivity contribution < 1.29 is 24.2 Å². The van der Waals surface area contributed by atoms with Crippen LogP contribution in [0.15, 0.2) is 24.3 Å². The van der Waals surface area contributed by atoms with E-state index in [4.69, 9.17) is 9.84 Å². The molecule has 6 nitrogen and oxygen atoms in total. The lowest BCUT2D eigenvalue weighted by Gasteiger charge is -2.37. The van der Waals surface area contributed by atoms with Crippen molar-refractivity contribution in [1.29, 1.82) is 0 Å². The molecule has 1 spiro atoms. The van der Waals surface area contributed by atoms with Crippen molar-refractivity contribution in [3.05, 3.63) is 29.8 Å². The summed E-state index contributed by atoms with van der Waals surface area (Å²) in [7, 11) is 0. The molecule has 6 heteroatoms. The number of carbonyl (C=O) groups is 3. The van der Waals surface area contributed by atoms with Crippen LogP contribution in [0.2, 0.25) is 0 Å². The van der Waals surface area contributed by atoms with Crippen LogP contribution in [0.25, 0.3) is 0 Å². The van der Waals surface area contributed by atoms with Crippen molar-refractivity contribution in [2.75, 3.05) is 6.54 Å². The molecule has 0 unspecified atom stereocenters. The van der Waals surface area contributed by atoms with Crippen LogP contribution in [0.4, 0.5) is 0 Å². The highest BCUT2D eigenvalue weighted by Crippen LogP contribution is 2.39. The van der Waals surface area contributed by atoms with E-state index in [9.17, 15) is 14.4 Å². The molecule has 0 saturated carbocycles. The van der Waals surface area contributed by atoms with E-state index in [1.54, 1.807) is 18.2 Å². The summed E-state index contributed by atoms with van der Waals surface area (Å²) < 4.78 is 6.10. The summed E-state index contributed by atoms with van der Waals surface area (Å²) in [5.74, 6) is -0.665. The van der Waals surface area contributed by atoms with Crippen molar-refractivity contribution in [3.63, 3.8) is 0 Å². The van der Waals surface area contributed by atoms with Gasteiger partial charge >= 0.3 is 5.97 Å². The van der Waals surface area contributed by atoms with Crippen molar-refractivity contribution >= 4 is 17.7 Å². The molecule has 2 aliphatic rings. The molecule has 2 atom stereocenters. The molecule has 1 aromatic rings. The maximum absolute atomic E-state index is 12.4. The van der Waals surface area contributed by atoms with Crippen LogP contribution in [0.3, 0.4) is 0 Å². The second kappa shape index (κ2) is 5.68. The molecule has 1 amide bonds. The quantitative estimate of drug-likeness (QED) is 0.900. The van der Waals surface area contributed by atoms with E-state index in [1.807, 2.05) is 6.07 Å². The highest BCUT2D eigenvalue weighted by molar-refractivity contribution is 6.00. The highest BCUT2D eigenvalue weighted by atomic mass is 16.5. The molecule has 1 N–H and O–H groups in total. The molecule has 0 bridgehead atoms. The number of aliphatic carboxylic acids is 1. The topological polar surface area (TPSA) is 83.9 Å².